The second-order valence-electron chi connectivity index (χ2n) is 10.3. The number of piperidine rings is 4. The maximum absolute atomic E-state index is 13.3. The molecule has 0 aliphatic carbocycles. The number of hydrogen-bond acceptors (Lipinski definition) is 4. The second kappa shape index (κ2) is 10.3. The Hall–Kier alpha value is -2.97. The molecule has 1 aromatic rings. The maximum Gasteiger partial charge on any atom is 0.320 e. The van der Waals surface area contributed by atoms with Crippen LogP contribution in [-0.4, -0.2) is 84.1 Å². The van der Waals surface area contributed by atoms with Gasteiger partial charge in [0.05, 0.1) is 12.3 Å². The number of amides is 5. The summed E-state index contributed by atoms with van der Waals surface area (Å²) in [5.74, 6) is 1.74. The lowest BCUT2D eigenvalue weighted by atomic mass is 9.76. The van der Waals surface area contributed by atoms with Crippen LogP contribution in [0.1, 0.15) is 45.4 Å². The molecule has 4 aliphatic rings. The minimum Gasteiger partial charge on any atom is -0.492 e. The number of fused-ring (bicyclic) bond motifs is 4. The number of para-hydroxylation sites is 2. The predicted octanol–water partition coefficient (Wildman–Crippen LogP) is 3.12. The molecule has 4 heterocycles. The molecule has 35 heavy (non-hydrogen) atoms. The van der Waals surface area contributed by atoms with Crippen LogP contribution in [0.15, 0.2) is 24.3 Å². The summed E-state index contributed by atoms with van der Waals surface area (Å²) in [6, 6.07) is 7.59. The highest BCUT2D eigenvalue weighted by molar-refractivity contribution is 5.91. The van der Waals surface area contributed by atoms with Crippen LogP contribution >= 0.6 is 0 Å². The first-order chi connectivity index (χ1) is 17.0. The van der Waals surface area contributed by atoms with Gasteiger partial charge >= 0.3 is 12.1 Å². The number of nitrogens with zero attached hydrogens (tertiary/aromatic N) is 3. The van der Waals surface area contributed by atoms with E-state index in [-0.39, 0.29) is 18.1 Å². The Labute approximate surface area is 207 Å². The van der Waals surface area contributed by atoms with Gasteiger partial charge in [-0.1, -0.05) is 12.1 Å². The SMILES string of the molecule is CCOc1ccccc1NC(=O)NC1CCN(C(=O)N2CC3CC(C2)[C@H]2CCCC(=O)N2C3)CC1. The van der Waals surface area contributed by atoms with Gasteiger partial charge in [0.25, 0.3) is 0 Å². The average Bonchev–Trinajstić information content (AvgIpc) is 2.86. The average molecular weight is 484 g/mol. The zero-order chi connectivity index (χ0) is 24.4. The van der Waals surface area contributed by atoms with Crippen molar-refractivity contribution < 1.29 is 19.1 Å². The molecule has 5 amide bonds. The molecule has 0 radical (unpaired) electrons. The fourth-order valence-electron chi connectivity index (χ4n) is 6.38. The molecular weight excluding hydrogens is 446 g/mol. The van der Waals surface area contributed by atoms with Gasteiger partial charge in [0.1, 0.15) is 5.75 Å². The van der Waals surface area contributed by atoms with E-state index in [0.717, 1.165) is 51.7 Å². The Bertz CT molecular complexity index is 947. The van der Waals surface area contributed by atoms with Gasteiger partial charge in [-0.15, -0.1) is 0 Å². The van der Waals surface area contributed by atoms with E-state index in [2.05, 4.69) is 15.5 Å². The first-order valence-corrected chi connectivity index (χ1v) is 13.1. The van der Waals surface area contributed by atoms with E-state index in [9.17, 15) is 14.4 Å². The number of nitrogens with one attached hydrogen (secondary N) is 2. The Morgan fingerprint density at radius 2 is 1.86 bits per heavy atom. The zero-order valence-corrected chi connectivity index (χ0v) is 20.6. The summed E-state index contributed by atoms with van der Waals surface area (Å²) in [6.07, 6.45) is 5.32. The van der Waals surface area contributed by atoms with Crippen LogP contribution in [0.4, 0.5) is 15.3 Å². The van der Waals surface area contributed by atoms with Crippen molar-refractivity contribution in [3.05, 3.63) is 24.3 Å². The number of carbonyl (C=O) groups is 3. The molecule has 4 aliphatic heterocycles. The van der Waals surface area contributed by atoms with Crippen LogP contribution in [0.5, 0.6) is 5.75 Å². The molecule has 0 aromatic heterocycles. The first kappa shape index (κ1) is 23.8. The fraction of sp³-hybridized carbons (Fsp3) is 0.654. The second-order valence-corrected chi connectivity index (χ2v) is 10.3. The van der Waals surface area contributed by atoms with Crippen molar-refractivity contribution >= 4 is 23.7 Å². The van der Waals surface area contributed by atoms with Gasteiger partial charge in [0.15, 0.2) is 0 Å². The van der Waals surface area contributed by atoms with Crippen molar-refractivity contribution in [2.24, 2.45) is 11.8 Å². The molecule has 3 atom stereocenters. The van der Waals surface area contributed by atoms with Crippen molar-refractivity contribution in [2.45, 2.75) is 57.5 Å². The van der Waals surface area contributed by atoms with Crippen LogP contribution < -0.4 is 15.4 Å². The maximum atomic E-state index is 13.3. The lowest BCUT2D eigenvalue weighted by Crippen LogP contribution is -2.62. The molecule has 2 bridgehead atoms. The highest BCUT2D eigenvalue weighted by Crippen LogP contribution is 2.38. The highest BCUT2D eigenvalue weighted by atomic mass is 16.5. The zero-order valence-electron chi connectivity index (χ0n) is 20.6. The Kier molecular flexibility index (Phi) is 7.02. The highest BCUT2D eigenvalue weighted by Gasteiger charge is 2.45. The van der Waals surface area contributed by atoms with Crippen LogP contribution in [0.25, 0.3) is 0 Å². The fourth-order valence-corrected chi connectivity index (χ4v) is 6.38. The quantitative estimate of drug-likeness (QED) is 0.688. The summed E-state index contributed by atoms with van der Waals surface area (Å²) in [5, 5.41) is 5.93. The van der Waals surface area contributed by atoms with Gasteiger partial charge in [0, 0.05) is 51.2 Å². The summed E-state index contributed by atoms with van der Waals surface area (Å²) in [6.45, 7) is 6.01. The van der Waals surface area contributed by atoms with E-state index < -0.39 is 0 Å². The molecule has 5 rings (SSSR count). The number of carbonyl (C=O) groups excluding carboxylic acids is 3. The molecule has 4 saturated heterocycles. The number of hydrogen-bond donors (Lipinski definition) is 2. The summed E-state index contributed by atoms with van der Waals surface area (Å²) in [7, 11) is 0. The molecule has 0 saturated carbocycles. The van der Waals surface area contributed by atoms with Crippen molar-refractivity contribution in [3.63, 3.8) is 0 Å². The van der Waals surface area contributed by atoms with E-state index in [1.165, 1.54) is 0 Å². The Balaban J connectivity index is 1.10. The molecule has 4 fully saturated rings. The summed E-state index contributed by atoms with van der Waals surface area (Å²) < 4.78 is 5.58. The minimum absolute atomic E-state index is 0.0286. The number of likely N-dealkylation sites (tertiary alicyclic amines) is 2. The number of ether oxygens (including phenoxy) is 1. The van der Waals surface area contributed by atoms with Crippen LogP contribution in [-0.2, 0) is 4.79 Å². The third-order valence-electron chi connectivity index (χ3n) is 7.99. The molecular formula is C26H37N5O4. The third-order valence-corrected chi connectivity index (χ3v) is 7.99. The normalized spacial score (nSPS) is 26.7. The topological polar surface area (TPSA) is 94.2 Å². The van der Waals surface area contributed by atoms with E-state index in [0.29, 0.717) is 61.3 Å². The van der Waals surface area contributed by atoms with Crippen LogP contribution in [0.3, 0.4) is 0 Å². The minimum atomic E-state index is -0.252. The standard InChI is InChI=1S/C26H37N5O4/c1-2-35-23-8-4-3-6-21(23)28-25(33)27-20-10-12-29(13-11-20)26(34)30-15-18-14-19(17-30)22-7-5-9-24(32)31(22)16-18/h3-4,6,8,18-20,22H,2,5,7,9-17H2,1H3,(H2,27,28,33)/t18?,19?,22-/m1/s1. The van der Waals surface area contributed by atoms with Gasteiger partial charge in [-0.25, -0.2) is 9.59 Å². The number of urea groups is 2. The van der Waals surface area contributed by atoms with E-state index in [4.69, 9.17) is 4.74 Å². The van der Waals surface area contributed by atoms with Crippen molar-refractivity contribution in [1.29, 1.82) is 0 Å². The van der Waals surface area contributed by atoms with Gasteiger partial charge in [-0.05, 0) is 63.0 Å². The number of benzene rings is 1. The molecule has 2 unspecified atom stereocenters. The van der Waals surface area contributed by atoms with Gasteiger partial charge in [0.2, 0.25) is 5.91 Å². The van der Waals surface area contributed by atoms with Gasteiger partial charge < -0.3 is 30.1 Å². The van der Waals surface area contributed by atoms with Crippen molar-refractivity contribution in [3.8, 4) is 5.75 Å². The lowest BCUT2D eigenvalue weighted by molar-refractivity contribution is -0.144. The molecule has 9 nitrogen and oxygen atoms in total. The van der Waals surface area contributed by atoms with E-state index >= 15 is 0 Å². The Morgan fingerprint density at radius 3 is 2.66 bits per heavy atom. The van der Waals surface area contributed by atoms with Crippen molar-refractivity contribution in [1.82, 2.24) is 20.0 Å². The van der Waals surface area contributed by atoms with Crippen LogP contribution in [0.2, 0.25) is 0 Å². The summed E-state index contributed by atoms with van der Waals surface area (Å²) >= 11 is 0. The smallest absolute Gasteiger partial charge is 0.320 e. The Morgan fingerprint density at radius 1 is 1.06 bits per heavy atom. The molecule has 2 N–H and O–H groups in total. The summed E-state index contributed by atoms with van der Waals surface area (Å²) in [4.78, 5) is 44.3. The molecule has 9 heteroatoms. The third kappa shape index (κ3) is 5.18. The molecule has 1 aromatic carbocycles. The number of anilines is 1. The van der Waals surface area contributed by atoms with E-state index in [1.54, 1.807) is 0 Å². The van der Waals surface area contributed by atoms with Gasteiger partial charge in [-0.3, -0.25) is 4.79 Å². The summed E-state index contributed by atoms with van der Waals surface area (Å²) in [5.41, 5.74) is 0.647. The van der Waals surface area contributed by atoms with Crippen molar-refractivity contribution in [2.75, 3.05) is 44.6 Å². The first-order valence-electron chi connectivity index (χ1n) is 13.1. The van der Waals surface area contributed by atoms with Gasteiger partial charge in [-0.2, -0.15) is 0 Å². The number of rotatable bonds is 4. The monoisotopic (exact) mass is 483 g/mol. The predicted molar refractivity (Wildman–Crippen MR) is 132 cm³/mol. The van der Waals surface area contributed by atoms with E-state index in [1.807, 2.05) is 41.0 Å². The molecule has 0 spiro atoms. The largest absolute Gasteiger partial charge is 0.492 e. The van der Waals surface area contributed by atoms with Crippen LogP contribution in [0, 0.1) is 11.8 Å². The molecule has 190 valence electrons. The lowest BCUT2D eigenvalue weighted by Gasteiger charge is -2.53.